The van der Waals surface area contributed by atoms with Crippen LogP contribution in [0.1, 0.15) is 10.7 Å². The number of hydrogen-bond acceptors (Lipinski definition) is 4. The minimum absolute atomic E-state index is 0.176. The summed E-state index contributed by atoms with van der Waals surface area (Å²) in [6.45, 7) is 0.817. The van der Waals surface area contributed by atoms with E-state index in [1.807, 2.05) is 5.38 Å². The van der Waals surface area contributed by atoms with Crippen molar-refractivity contribution in [2.75, 3.05) is 13.2 Å². The van der Waals surface area contributed by atoms with Gasteiger partial charge in [0, 0.05) is 24.8 Å². The van der Waals surface area contributed by atoms with Gasteiger partial charge in [0.1, 0.15) is 0 Å². The van der Waals surface area contributed by atoms with E-state index in [0.29, 0.717) is 13.0 Å². The molecule has 3 N–H and O–H groups in total. The molecule has 0 fully saturated rings. The molecule has 0 spiro atoms. The number of thiazole rings is 1. The third kappa shape index (κ3) is 2.57. The monoisotopic (exact) mass is 172 g/mol. The summed E-state index contributed by atoms with van der Waals surface area (Å²) in [5, 5.41) is 11.6. The zero-order valence-electron chi connectivity index (χ0n) is 6.29. The van der Waals surface area contributed by atoms with Crippen LogP contribution in [0.15, 0.2) is 5.38 Å². The van der Waals surface area contributed by atoms with E-state index in [4.69, 9.17) is 10.8 Å². The Labute approximate surface area is 69.9 Å². The summed E-state index contributed by atoms with van der Waals surface area (Å²) in [6.07, 6.45) is 1.50. The highest BCUT2D eigenvalue weighted by molar-refractivity contribution is 7.09. The number of hydrogen-bond donors (Lipinski definition) is 2. The smallest absolute Gasteiger partial charge is 0.0951 e. The molecule has 1 heterocycles. The van der Waals surface area contributed by atoms with Crippen molar-refractivity contribution in [2.24, 2.45) is 5.73 Å². The topological polar surface area (TPSA) is 59.1 Å². The van der Waals surface area contributed by atoms with Crippen LogP contribution in [-0.2, 0) is 12.8 Å². The molecule has 0 saturated carbocycles. The van der Waals surface area contributed by atoms with E-state index in [2.05, 4.69) is 4.98 Å². The fourth-order valence-electron chi connectivity index (χ4n) is 0.822. The van der Waals surface area contributed by atoms with Gasteiger partial charge in [-0.1, -0.05) is 0 Å². The number of nitrogens with zero attached hydrogens (tertiary/aromatic N) is 1. The van der Waals surface area contributed by atoms with E-state index in [9.17, 15) is 0 Å². The van der Waals surface area contributed by atoms with Gasteiger partial charge in [0.2, 0.25) is 0 Å². The van der Waals surface area contributed by atoms with E-state index >= 15 is 0 Å². The highest BCUT2D eigenvalue weighted by Crippen LogP contribution is 2.09. The molecule has 1 aromatic heterocycles. The Morgan fingerprint density at radius 1 is 1.55 bits per heavy atom. The molecule has 0 saturated heterocycles. The minimum atomic E-state index is 0.176. The molecule has 11 heavy (non-hydrogen) atoms. The van der Waals surface area contributed by atoms with Gasteiger partial charge in [0.25, 0.3) is 0 Å². The zero-order chi connectivity index (χ0) is 8.10. The van der Waals surface area contributed by atoms with Crippen molar-refractivity contribution in [2.45, 2.75) is 12.8 Å². The summed E-state index contributed by atoms with van der Waals surface area (Å²) in [4.78, 5) is 4.27. The fourth-order valence-corrected chi connectivity index (χ4v) is 1.64. The Bertz CT molecular complexity index is 191. The van der Waals surface area contributed by atoms with Gasteiger partial charge in [-0.25, -0.2) is 4.98 Å². The van der Waals surface area contributed by atoms with Crippen molar-refractivity contribution < 1.29 is 5.11 Å². The number of nitrogens with two attached hydrogens (primary N) is 1. The second-order valence-electron chi connectivity index (χ2n) is 2.24. The number of rotatable bonds is 4. The van der Waals surface area contributed by atoms with E-state index in [1.165, 1.54) is 0 Å². The largest absolute Gasteiger partial charge is 0.396 e. The molecule has 0 unspecified atom stereocenters. The molecule has 0 aromatic carbocycles. The van der Waals surface area contributed by atoms with Crippen LogP contribution >= 0.6 is 11.3 Å². The summed E-state index contributed by atoms with van der Waals surface area (Å²) >= 11 is 1.59. The van der Waals surface area contributed by atoms with Gasteiger partial charge in [-0.15, -0.1) is 11.3 Å². The molecule has 3 nitrogen and oxygen atoms in total. The molecule has 0 amide bonds. The van der Waals surface area contributed by atoms with Gasteiger partial charge >= 0.3 is 0 Å². The normalized spacial score (nSPS) is 10.4. The molecular weight excluding hydrogens is 160 g/mol. The summed E-state index contributed by atoms with van der Waals surface area (Å²) in [5.74, 6) is 0. The Morgan fingerprint density at radius 3 is 3.00 bits per heavy atom. The van der Waals surface area contributed by atoms with Gasteiger partial charge < -0.3 is 10.8 Å². The van der Waals surface area contributed by atoms with Crippen LogP contribution in [0.2, 0.25) is 0 Å². The minimum Gasteiger partial charge on any atom is -0.396 e. The molecule has 0 bridgehead atoms. The molecule has 1 rings (SSSR count). The first-order chi connectivity index (χ1) is 5.36. The van der Waals surface area contributed by atoms with Gasteiger partial charge in [-0.2, -0.15) is 0 Å². The average molecular weight is 172 g/mol. The molecule has 4 heteroatoms. The van der Waals surface area contributed by atoms with Crippen molar-refractivity contribution in [3.63, 3.8) is 0 Å². The molecule has 0 radical (unpaired) electrons. The van der Waals surface area contributed by atoms with E-state index < -0.39 is 0 Å². The third-order valence-electron chi connectivity index (χ3n) is 1.33. The molecule has 1 aromatic rings. The summed E-state index contributed by atoms with van der Waals surface area (Å²) in [5.41, 5.74) is 6.40. The van der Waals surface area contributed by atoms with Crippen LogP contribution in [0.3, 0.4) is 0 Å². The second-order valence-corrected chi connectivity index (χ2v) is 3.19. The van der Waals surface area contributed by atoms with Crippen LogP contribution in [-0.4, -0.2) is 23.2 Å². The Kier molecular flexibility index (Phi) is 3.48. The number of aliphatic hydroxyl groups is 1. The Morgan fingerprint density at radius 2 is 2.36 bits per heavy atom. The standard InChI is InChI=1S/C7H12N2OS/c8-3-1-6-5-11-7(9-6)2-4-10/h5,10H,1-4,8H2. The van der Waals surface area contributed by atoms with E-state index in [0.717, 1.165) is 17.1 Å². The van der Waals surface area contributed by atoms with Gasteiger partial charge in [-0.3, -0.25) is 0 Å². The van der Waals surface area contributed by atoms with Crippen LogP contribution in [0, 0.1) is 0 Å². The number of aromatic nitrogens is 1. The fraction of sp³-hybridized carbons (Fsp3) is 0.571. The molecule has 0 atom stereocenters. The number of aliphatic hydroxyl groups excluding tert-OH is 1. The average Bonchev–Trinajstić information content (AvgIpc) is 2.38. The molecule has 0 aliphatic rings. The lowest BCUT2D eigenvalue weighted by atomic mass is 10.3. The predicted molar refractivity (Wildman–Crippen MR) is 45.7 cm³/mol. The quantitative estimate of drug-likeness (QED) is 0.681. The van der Waals surface area contributed by atoms with Crippen LogP contribution in [0.25, 0.3) is 0 Å². The lowest BCUT2D eigenvalue weighted by molar-refractivity contribution is 0.299. The van der Waals surface area contributed by atoms with Gasteiger partial charge in [0.05, 0.1) is 10.7 Å². The molecular formula is C7H12N2OS. The Hall–Kier alpha value is -0.450. The van der Waals surface area contributed by atoms with E-state index in [-0.39, 0.29) is 6.61 Å². The maximum atomic E-state index is 8.60. The third-order valence-corrected chi connectivity index (χ3v) is 2.28. The maximum Gasteiger partial charge on any atom is 0.0951 e. The molecule has 0 aliphatic heterocycles. The van der Waals surface area contributed by atoms with Crippen LogP contribution in [0.5, 0.6) is 0 Å². The van der Waals surface area contributed by atoms with Crippen molar-refractivity contribution in [1.82, 2.24) is 4.98 Å². The van der Waals surface area contributed by atoms with Crippen molar-refractivity contribution in [3.05, 3.63) is 16.1 Å². The van der Waals surface area contributed by atoms with Crippen LogP contribution in [0.4, 0.5) is 0 Å². The predicted octanol–water partition coefficient (Wildman–Crippen LogP) is 0.179. The highest BCUT2D eigenvalue weighted by atomic mass is 32.1. The summed E-state index contributed by atoms with van der Waals surface area (Å²) in [6, 6.07) is 0. The lowest BCUT2D eigenvalue weighted by Crippen LogP contribution is -2.03. The van der Waals surface area contributed by atoms with Gasteiger partial charge in [-0.05, 0) is 6.54 Å². The van der Waals surface area contributed by atoms with Gasteiger partial charge in [0.15, 0.2) is 0 Å². The SMILES string of the molecule is NCCc1csc(CCO)n1. The lowest BCUT2D eigenvalue weighted by Gasteiger charge is -1.89. The first kappa shape index (κ1) is 8.64. The van der Waals surface area contributed by atoms with Crippen molar-refractivity contribution in [1.29, 1.82) is 0 Å². The van der Waals surface area contributed by atoms with Crippen LogP contribution < -0.4 is 5.73 Å². The summed E-state index contributed by atoms with van der Waals surface area (Å²) in [7, 11) is 0. The first-order valence-electron chi connectivity index (χ1n) is 3.61. The van der Waals surface area contributed by atoms with Crippen molar-refractivity contribution in [3.8, 4) is 0 Å². The van der Waals surface area contributed by atoms with Crippen molar-refractivity contribution >= 4 is 11.3 Å². The first-order valence-corrected chi connectivity index (χ1v) is 4.49. The molecule has 0 aliphatic carbocycles. The zero-order valence-corrected chi connectivity index (χ0v) is 7.10. The maximum absolute atomic E-state index is 8.60. The van der Waals surface area contributed by atoms with E-state index in [1.54, 1.807) is 11.3 Å². The summed E-state index contributed by atoms with van der Waals surface area (Å²) < 4.78 is 0. The molecule has 62 valence electrons. The second kappa shape index (κ2) is 4.43. The highest BCUT2D eigenvalue weighted by Gasteiger charge is 1.99. The Balaban J connectivity index is 2.51.